The van der Waals surface area contributed by atoms with Gasteiger partial charge >= 0.3 is 5.97 Å². The van der Waals surface area contributed by atoms with E-state index in [1.165, 1.54) is 5.57 Å². The molecule has 3 saturated carbocycles. The molecule has 5 heteroatoms. The lowest BCUT2D eigenvalue weighted by molar-refractivity contribution is -0.239. The summed E-state index contributed by atoms with van der Waals surface area (Å²) in [7, 11) is 0. The summed E-state index contributed by atoms with van der Waals surface area (Å²) in [6.07, 6.45) is 7.92. The van der Waals surface area contributed by atoms with Gasteiger partial charge in [0.05, 0.1) is 17.8 Å². The van der Waals surface area contributed by atoms with Crippen LogP contribution in [0, 0.1) is 28.6 Å². The van der Waals surface area contributed by atoms with E-state index in [1.807, 2.05) is 13.8 Å². The summed E-state index contributed by atoms with van der Waals surface area (Å²) in [6.45, 7) is 9.71. The van der Waals surface area contributed by atoms with Crippen LogP contribution in [0.2, 0.25) is 0 Å². The second-order valence-corrected chi connectivity index (χ2v) is 11.2. The first-order valence-electron chi connectivity index (χ1n) is 12.1. The van der Waals surface area contributed by atoms with Gasteiger partial charge in [-0.15, -0.1) is 0 Å². The number of aliphatic hydroxyl groups is 3. The van der Waals surface area contributed by atoms with Crippen molar-refractivity contribution >= 4 is 5.97 Å². The Morgan fingerprint density at radius 1 is 1.26 bits per heavy atom. The summed E-state index contributed by atoms with van der Waals surface area (Å²) in [4.78, 5) is 12.8. The fourth-order valence-electron chi connectivity index (χ4n) is 7.88. The van der Waals surface area contributed by atoms with E-state index < -0.39 is 23.2 Å². The summed E-state index contributed by atoms with van der Waals surface area (Å²) >= 11 is 0. The summed E-state index contributed by atoms with van der Waals surface area (Å²) < 4.78 is 6.15. The van der Waals surface area contributed by atoms with E-state index in [4.69, 9.17) is 4.74 Å². The molecule has 0 bridgehead atoms. The Kier molecular flexibility index (Phi) is 5.72. The first kappa shape index (κ1) is 23.0. The van der Waals surface area contributed by atoms with Crippen LogP contribution in [-0.4, -0.2) is 45.2 Å². The molecule has 31 heavy (non-hydrogen) atoms. The van der Waals surface area contributed by atoms with Gasteiger partial charge in [-0.1, -0.05) is 31.6 Å². The van der Waals surface area contributed by atoms with Crippen LogP contribution in [0.15, 0.2) is 23.3 Å². The Labute approximate surface area is 186 Å². The fourth-order valence-corrected chi connectivity index (χ4v) is 7.88. The molecule has 0 heterocycles. The van der Waals surface area contributed by atoms with E-state index in [-0.39, 0.29) is 35.2 Å². The van der Waals surface area contributed by atoms with Crippen molar-refractivity contribution in [3.05, 3.63) is 23.3 Å². The van der Waals surface area contributed by atoms with E-state index in [1.54, 1.807) is 19.9 Å². The van der Waals surface area contributed by atoms with Crippen molar-refractivity contribution in [2.24, 2.45) is 28.6 Å². The SMILES string of the molecule is CC=C(C)C(=O)O[C@@H]1C[C@H]2[C@@H](CC=C3C[C@@H](O)CC[C@@]32C)[C@@]2(O)CC[C@H]([C@@H](C)O)[C@@]12C. The van der Waals surface area contributed by atoms with Gasteiger partial charge in [0.25, 0.3) is 0 Å². The number of fused-ring (bicyclic) bond motifs is 5. The largest absolute Gasteiger partial charge is 0.458 e. The Balaban J connectivity index is 1.79. The average Bonchev–Trinajstić information content (AvgIpc) is 3.01. The fraction of sp³-hybridized carbons (Fsp3) is 0.808. The van der Waals surface area contributed by atoms with Crippen LogP contribution in [0.5, 0.6) is 0 Å². The van der Waals surface area contributed by atoms with E-state index in [2.05, 4.69) is 13.0 Å². The van der Waals surface area contributed by atoms with Gasteiger partial charge in [0.1, 0.15) is 6.10 Å². The van der Waals surface area contributed by atoms with Gasteiger partial charge in [-0.2, -0.15) is 0 Å². The Hall–Kier alpha value is -1.17. The molecule has 0 radical (unpaired) electrons. The predicted octanol–water partition coefficient (Wildman–Crippen LogP) is 3.91. The molecule has 0 unspecified atom stereocenters. The third-order valence-electron chi connectivity index (χ3n) is 9.98. The van der Waals surface area contributed by atoms with Crippen LogP contribution < -0.4 is 0 Å². The smallest absolute Gasteiger partial charge is 0.333 e. The lowest BCUT2D eigenvalue weighted by Gasteiger charge is -2.63. The Bertz CT molecular complexity index is 800. The summed E-state index contributed by atoms with van der Waals surface area (Å²) in [5.74, 6) is -0.187. The lowest BCUT2D eigenvalue weighted by Crippen LogP contribution is -2.67. The van der Waals surface area contributed by atoms with Crippen LogP contribution in [0.1, 0.15) is 79.6 Å². The molecule has 3 N–H and O–H groups in total. The number of rotatable bonds is 3. The first-order valence-corrected chi connectivity index (χ1v) is 12.1. The van der Waals surface area contributed by atoms with Gasteiger partial charge in [0, 0.05) is 11.0 Å². The highest BCUT2D eigenvalue weighted by Gasteiger charge is 2.71. The lowest BCUT2D eigenvalue weighted by atomic mass is 9.44. The molecule has 4 rings (SSSR count). The number of allylic oxidation sites excluding steroid dienone is 2. The topological polar surface area (TPSA) is 87.0 Å². The second-order valence-electron chi connectivity index (χ2n) is 11.2. The van der Waals surface area contributed by atoms with Crippen LogP contribution in [0.25, 0.3) is 0 Å². The molecule has 0 saturated heterocycles. The van der Waals surface area contributed by atoms with Gasteiger partial charge in [-0.3, -0.25) is 0 Å². The number of hydrogen-bond acceptors (Lipinski definition) is 5. The Morgan fingerprint density at radius 2 is 1.97 bits per heavy atom. The molecule has 4 aliphatic rings. The predicted molar refractivity (Wildman–Crippen MR) is 119 cm³/mol. The molecule has 174 valence electrons. The highest BCUT2D eigenvalue weighted by molar-refractivity contribution is 5.87. The number of aliphatic hydroxyl groups excluding tert-OH is 2. The number of ether oxygens (including phenoxy) is 1. The molecule has 9 atom stereocenters. The van der Waals surface area contributed by atoms with Gasteiger partial charge in [0.2, 0.25) is 0 Å². The summed E-state index contributed by atoms with van der Waals surface area (Å²) in [5, 5.41) is 33.2. The molecular formula is C26H40O5. The monoisotopic (exact) mass is 432 g/mol. The minimum Gasteiger partial charge on any atom is -0.458 e. The molecular weight excluding hydrogens is 392 g/mol. The summed E-state index contributed by atoms with van der Waals surface area (Å²) in [6, 6.07) is 0. The van der Waals surface area contributed by atoms with Crippen LogP contribution in [-0.2, 0) is 9.53 Å². The van der Waals surface area contributed by atoms with Gasteiger partial charge in [-0.05, 0) is 88.9 Å². The molecule has 0 aromatic carbocycles. The van der Waals surface area contributed by atoms with Crippen molar-refractivity contribution in [2.45, 2.75) is 103 Å². The van der Waals surface area contributed by atoms with E-state index in [0.29, 0.717) is 24.8 Å². The number of carbonyl (C=O) groups excluding carboxylic acids is 1. The average molecular weight is 433 g/mol. The second kappa shape index (κ2) is 7.71. The third-order valence-corrected chi connectivity index (χ3v) is 9.98. The van der Waals surface area contributed by atoms with Crippen molar-refractivity contribution < 1.29 is 24.9 Å². The van der Waals surface area contributed by atoms with E-state index >= 15 is 0 Å². The van der Waals surface area contributed by atoms with Crippen molar-refractivity contribution in [3.8, 4) is 0 Å². The van der Waals surface area contributed by atoms with Crippen LogP contribution in [0.4, 0.5) is 0 Å². The van der Waals surface area contributed by atoms with E-state index in [0.717, 1.165) is 25.7 Å². The maximum absolute atomic E-state index is 12.8. The van der Waals surface area contributed by atoms with Gasteiger partial charge in [-0.25, -0.2) is 4.79 Å². The highest BCUT2D eigenvalue weighted by atomic mass is 16.5. The molecule has 5 nitrogen and oxygen atoms in total. The molecule has 3 fully saturated rings. The van der Waals surface area contributed by atoms with Crippen molar-refractivity contribution in [2.75, 3.05) is 0 Å². The number of hydrogen-bond donors (Lipinski definition) is 3. The zero-order valence-electron chi connectivity index (χ0n) is 19.7. The molecule has 0 aromatic heterocycles. The normalized spacial score (nSPS) is 48.2. The highest BCUT2D eigenvalue weighted by Crippen LogP contribution is 2.68. The first-order chi connectivity index (χ1) is 14.5. The Morgan fingerprint density at radius 3 is 2.61 bits per heavy atom. The maximum atomic E-state index is 12.8. The van der Waals surface area contributed by atoms with Crippen LogP contribution >= 0.6 is 0 Å². The van der Waals surface area contributed by atoms with Crippen LogP contribution in [0.3, 0.4) is 0 Å². The molecule has 0 aromatic rings. The van der Waals surface area contributed by atoms with E-state index in [9.17, 15) is 20.1 Å². The molecule has 0 aliphatic heterocycles. The minimum atomic E-state index is -0.993. The third kappa shape index (κ3) is 3.18. The van der Waals surface area contributed by atoms with Gasteiger partial charge < -0.3 is 20.1 Å². The maximum Gasteiger partial charge on any atom is 0.333 e. The standard InChI is InChI=1S/C26H40O5/c1-6-15(2)23(29)31-22-14-21-20(8-7-17-13-18(28)9-11-24(17,21)4)26(30)12-10-19(16(3)27)25(22,26)5/h6-7,16,18-22,27-28,30H,8-14H2,1-5H3/t16-,18+,19-,20-,21+,22-,24+,25+,26+/m1/s1. The quantitative estimate of drug-likeness (QED) is 0.358. The van der Waals surface area contributed by atoms with Crippen molar-refractivity contribution in [1.82, 2.24) is 0 Å². The zero-order chi connectivity index (χ0) is 22.8. The minimum absolute atomic E-state index is 0.0722. The molecule has 0 amide bonds. The van der Waals surface area contributed by atoms with Crippen molar-refractivity contribution in [1.29, 1.82) is 0 Å². The summed E-state index contributed by atoms with van der Waals surface area (Å²) in [5.41, 5.74) is 0.0918. The van der Waals surface area contributed by atoms with Gasteiger partial charge in [0.15, 0.2) is 0 Å². The van der Waals surface area contributed by atoms with Crippen molar-refractivity contribution in [3.63, 3.8) is 0 Å². The number of carbonyl (C=O) groups is 1. The number of esters is 1. The molecule has 4 aliphatic carbocycles. The zero-order valence-corrected chi connectivity index (χ0v) is 19.7. The molecule has 0 spiro atoms.